The topological polar surface area (TPSA) is 117 Å². The number of carbonyl (C=O) groups is 2. The standard InChI is InChI=1S/C26H29ClF3N3O5S/c27-20-14-18(33-7-9-38-10-8-33)1-2-21(20)39(36,37)19-12-16(22(34)25(5-6-25)26(28,29)30)11-17(13-19)23(35)32-24(15-31)3-4-24/h1-2,14,16-17,19H,3-13H2,(H,32,35). The molecule has 1 aromatic rings. The SMILES string of the molecule is N#CC1(NC(=O)C2CC(C(=O)C3(C(F)(F)F)CC3)CC(S(=O)(=O)c3ccc(N4CCOCC4)cc3Cl)C2)CC1. The second-order valence-electron chi connectivity index (χ2n) is 11.1. The maximum Gasteiger partial charge on any atom is 0.401 e. The zero-order valence-electron chi connectivity index (χ0n) is 21.1. The zero-order valence-corrected chi connectivity index (χ0v) is 22.7. The van der Waals surface area contributed by atoms with Crippen LogP contribution in [0.25, 0.3) is 0 Å². The molecule has 0 radical (unpaired) electrons. The minimum atomic E-state index is -4.74. The van der Waals surface area contributed by atoms with Gasteiger partial charge in [-0.2, -0.15) is 18.4 Å². The van der Waals surface area contributed by atoms with E-state index in [2.05, 4.69) is 5.32 Å². The Morgan fingerprint density at radius 3 is 2.26 bits per heavy atom. The number of halogens is 4. The monoisotopic (exact) mass is 587 g/mol. The van der Waals surface area contributed by atoms with Gasteiger partial charge in [-0.25, -0.2) is 8.42 Å². The normalized spacial score (nSPS) is 27.8. The lowest BCUT2D eigenvalue weighted by atomic mass is 9.74. The number of sulfone groups is 1. The molecule has 1 amide bonds. The van der Waals surface area contributed by atoms with E-state index in [1.165, 1.54) is 12.1 Å². The molecule has 212 valence electrons. The summed E-state index contributed by atoms with van der Waals surface area (Å²) in [5.41, 5.74) is -2.81. The molecule has 1 heterocycles. The van der Waals surface area contributed by atoms with Crippen molar-refractivity contribution in [2.24, 2.45) is 17.3 Å². The van der Waals surface area contributed by atoms with Gasteiger partial charge in [0.2, 0.25) is 5.91 Å². The number of rotatable bonds is 7. The number of nitriles is 1. The number of alkyl halides is 3. The van der Waals surface area contributed by atoms with Crippen LogP contribution in [0.5, 0.6) is 0 Å². The summed E-state index contributed by atoms with van der Waals surface area (Å²) in [6.07, 6.45) is -5.25. The fraction of sp³-hybridized carbons (Fsp3) is 0.654. The molecule has 0 spiro atoms. The predicted octanol–water partition coefficient (Wildman–Crippen LogP) is 3.82. The number of ketones is 1. The third-order valence-corrected chi connectivity index (χ3v) is 11.2. The van der Waals surface area contributed by atoms with E-state index in [0.717, 1.165) is 0 Å². The summed E-state index contributed by atoms with van der Waals surface area (Å²) in [6, 6.07) is 6.54. The summed E-state index contributed by atoms with van der Waals surface area (Å²) in [5, 5.41) is 10.7. The molecule has 3 unspecified atom stereocenters. The van der Waals surface area contributed by atoms with E-state index in [1.54, 1.807) is 6.07 Å². The quantitative estimate of drug-likeness (QED) is 0.515. The third kappa shape index (κ3) is 5.25. The van der Waals surface area contributed by atoms with Gasteiger partial charge in [0.1, 0.15) is 11.0 Å². The summed E-state index contributed by atoms with van der Waals surface area (Å²) in [4.78, 5) is 28.1. The van der Waals surface area contributed by atoms with Crippen molar-refractivity contribution in [1.29, 1.82) is 5.26 Å². The van der Waals surface area contributed by atoms with Crippen LogP contribution in [-0.4, -0.2) is 63.4 Å². The van der Waals surface area contributed by atoms with Gasteiger partial charge in [0.05, 0.1) is 34.5 Å². The van der Waals surface area contributed by atoms with Crippen molar-refractivity contribution >= 4 is 38.8 Å². The second-order valence-corrected chi connectivity index (χ2v) is 13.7. The first kappa shape index (κ1) is 28.2. The van der Waals surface area contributed by atoms with Crippen LogP contribution in [0.2, 0.25) is 5.02 Å². The lowest BCUT2D eigenvalue weighted by molar-refractivity contribution is -0.194. The van der Waals surface area contributed by atoms with Gasteiger partial charge in [-0.3, -0.25) is 9.59 Å². The molecule has 0 aromatic heterocycles. The molecule has 3 aliphatic carbocycles. The Kier molecular flexibility index (Phi) is 7.17. The van der Waals surface area contributed by atoms with Crippen molar-refractivity contribution in [3.8, 4) is 6.07 Å². The highest BCUT2D eigenvalue weighted by molar-refractivity contribution is 7.92. The minimum absolute atomic E-state index is 0.0381. The lowest BCUT2D eigenvalue weighted by Gasteiger charge is -2.35. The van der Waals surface area contributed by atoms with Crippen LogP contribution >= 0.6 is 11.6 Å². The summed E-state index contributed by atoms with van der Waals surface area (Å²) in [7, 11) is -4.22. The average Bonchev–Trinajstić information content (AvgIpc) is 3.83. The van der Waals surface area contributed by atoms with Gasteiger partial charge in [-0.1, -0.05) is 11.6 Å². The molecule has 3 saturated carbocycles. The molecular formula is C26H29ClF3N3O5S. The Balaban J connectivity index is 1.43. The summed E-state index contributed by atoms with van der Waals surface area (Å²) < 4.78 is 74.3. The average molecular weight is 588 g/mol. The highest BCUT2D eigenvalue weighted by Crippen LogP contribution is 2.60. The number of nitrogens with zero attached hydrogens (tertiary/aromatic N) is 2. The summed E-state index contributed by atoms with van der Waals surface area (Å²) in [6.45, 7) is 2.25. The van der Waals surface area contributed by atoms with E-state index in [4.69, 9.17) is 16.3 Å². The largest absolute Gasteiger partial charge is 0.401 e. The number of carbonyl (C=O) groups excluding carboxylic acids is 2. The number of nitrogens with one attached hydrogen (secondary N) is 1. The van der Waals surface area contributed by atoms with E-state index < -0.39 is 55.7 Å². The van der Waals surface area contributed by atoms with Gasteiger partial charge in [0.25, 0.3) is 0 Å². The van der Waals surface area contributed by atoms with Gasteiger partial charge in [-0.05, 0) is 63.1 Å². The van der Waals surface area contributed by atoms with Crippen molar-refractivity contribution in [1.82, 2.24) is 5.32 Å². The molecule has 1 N–H and O–H groups in total. The van der Waals surface area contributed by atoms with Crippen molar-refractivity contribution in [3.05, 3.63) is 23.2 Å². The number of morpholine rings is 1. The smallest absolute Gasteiger partial charge is 0.378 e. The molecule has 1 aromatic carbocycles. The van der Waals surface area contributed by atoms with Gasteiger partial charge >= 0.3 is 6.18 Å². The molecule has 13 heteroatoms. The number of hydrogen-bond acceptors (Lipinski definition) is 7. The van der Waals surface area contributed by atoms with Gasteiger partial charge in [-0.15, -0.1) is 0 Å². The van der Waals surface area contributed by atoms with E-state index in [-0.39, 0.29) is 42.0 Å². The van der Waals surface area contributed by atoms with Crippen LogP contribution in [0.1, 0.15) is 44.9 Å². The Labute approximate surface area is 229 Å². The molecule has 4 fully saturated rings. The Hall–Kier alpha value is -2.36. The van der Waals surface area contributed by atoms with E-state index in [1.807, 2.05) is 11.0 Å². The van der Waals surface area contributed by atoms with Crippen molar-refractivity contribution in [2.45, 2.75) is 66.8 Å². The Bertz CT molecular complexity index is 1310. The number of ether oxygens (including phenoxy) is 1. The molecule has 1 saturated heterocycles. The minimum Gasteiger partial charge on any atom is -0.378 e. The first-order valence-electron chi connectivity index (χ1n) is 13.0. The lowest BCUT2D eigenvalue weighted by Crippen LogP contribution is -2.47. The fourth-order valence-corrected chi connectivity index (χ4v) is 8.20. The van der Waals surface area contributed by atoms with Gasteiger partial charge in [0.15, 0.2) is 15.6 Å². The second kappa shape index (κ2) is 9.93. The van der Waals surface area contributed by atoms with Crippen molar-refractivity contribution < 1.29 is 35.9 Å². The van der Waals surface area contributed by atoms with Gasteiger partial charge in [0, 0.05) is 30.6 Å². The van der Waals surface area contributed by atoms with Crippen LogP contribution in [0.3, 0.4) is 0 Å². The molecule has 4 aliphatic rings. The first-order valence-corrected chi connectivity index (χ1v) is 14.9. The molecule has 8 nitrogen and oxygen atoms in total. The molecule has 39 heavy (non-hydrogen) atoms. The van der Waals surface area contributed by atoms with E-state index >= 15 is 0 Å². The van der Waals surface area contributed by atoms with Crippen LogP contribution in [-0.2, 0) is 24.2 Å². The zero-order chi connectivity index (χ0) is 28.2. The third-order valence-electron chi connectivity index (χ3n) is 8.53. The van der Waals surface area contributed by atoms with Crippen LogP contribution in [0.15, 0.2) is 23.1 Å². The molecule has 1 aliphatic heterocycles. The number of benzene rings is 1. The Morgan fingerprint density at radius 1 is 1.08 bits per heavy atom. The Morgan fingerprint density at radius 2 is 1.72 bits per heavy atom. The fourth-order valence-electron chi connectivity index (χ4n) is 5.78. The molecular weight excluding hydrogens is 559 g/mol. The molecule has 3 atom stereocenters. The highest BCUT2D eigenvalue weighted by Gasteiger charge is 2.69. The molecule has 0 bridgehead atoms. The number of anilines is 1. The van der Waals surface area contributed by atoms with Crippen molar-refractivity contribution in [3.63, 3.8) is 0 Å². The van der Waals surface area contributed by atoms with Crippen LogP contribution < -0.4 is 10.2 Å². The van der Waals surface area contributed by atoms with E-state index in [9.17, 15) is 36.4 Å². The number of Topliss-reactive ketones (excluding diaryl/α,β-unsaturated/α-hetero) is 1. The number of hydrogen-bond donors (Lipinski definition) is 1. The molecule has 5 rings (SSSR count). The van der Waals surface area contributed by atoms with E-state index in [0.29, 0.717) is 44.8 Å². The maximum atomic E-state index is 13.8. The predicted molar refractivity (Wildman–Crippen MR) is 135 cm³/mol. The number of amides is 1. The van der Waals surface area contributed by atoms with Crippen LogP contribution in [0, 0.1) is 28.6 Å². The first-order chi connectivity index (χ1) is 18.3. The maximum absolute atomic E-state index is 13.8. The summed E-state index contributed by atoms with van der Waals surface area (Å²) >= 11 is 6.44. The highest BCUT2D eigenvalue weighted by atomic mass is 35.5. The van der Waals surface area contributed by atoms with Crippen molar-refractivity contribution in [2.75, 3.05) is 31.2 Å². The summed E-state index contributed by atoms with van der Waals surface area (Å²) in [5.74, 6) is -3.96. The van der Waals surface area contributed by atoms with Gasteiger partial charge < -0.3 is 15.0 Å². The van der Waals surface area contributed by atoms with Crippen LogP contribution in [0.4, 0.5) is 18.9 Å².